The molecule has 0 unspecified atom stereocenters. The number of aromatic carboxylic acids is 1. The number of nitrogens with zero attached hydrogens (tertiary/aromatic N) is 2. The highest BCUT2D eigenvalue weighted by atomic mass is 19.4. The van der Waals surface area contributed by atoms with E-state index in [0.29, 0.717) is 29.8 Å². The lowest BCUT2D eigenvalue weighted by Gasteiger charge is -2.28. The van der Waals surface area contributed by atoms with Crippen LogP contribution in [0.5, 0.6) is 5.75 Å². The van der Waals surface area contributed by atoms with E-state index in [1.54, 1.807) is 24.4 Å². The summed E-state index contributed by atoms with van der Waals surface area (Å²) in [6, 6.07) is 9.98. The lowest BCUT2D eigenvalue weighted by atomic mass is 9.80. The molecule has 9 heteroatoms. The van der Waals surface area contributed by atoms with Crippen LogP contribution in [0.2, 0.25) is 0 Å². The predicted octanol–water partition coefficient (Wildman–Crippen LogP) is 5.54. The van der Waals surface area contributed by atoms with E-state index in [9.17, 15) is 18.0 Å². The summed E-state index contributed by atoms with van der Waals surface area (Å²) in [5.41, 5.74) is 0.722. The second-order valence-corrected chi connectivity index (χ2v) is 7.96. The minimum atomic E-state index is -4.48. The van der Waals surface area contributed by atoms with Crippen LogP contribution in [0.25, 0.3) is 11.4 Å². The zero-order valence-electron chi connectivity index (χ0n) is 17.1. The number of benzene rings is 1. The summed E-state index contributed by atoms with van der Waals surface area (Å²) >= 11 is 0. The van der Waals surface area contributed by atoms with Crippen LogP contribution in [0.4, 0.5) is 13.2 Å². The fraction of sp³-hybridized carbons (Fsp3) is 0.348. The van der Waals surface area contributed by atoms with Crippen molar-refractivity contribution in [2.45, 2.75) is 37.8 Å². The lowest BCUT2D eigenvalue weighted by Crippen LogP contribution is -2.19. The molecule has 2 aromatic heterocycles. The summed E-state index contributed by atoms with van der Waals surface area (Å²) < 4.78 is 44.0. The van der Waals surface area contributed by atoms with Crippen molar-refractivity contribution in [3.63, 3.8) is 0 Å². The Morgan fingerprint density at radius 2 is 1.81 bits per heavy atom. The van der Waals surface area contributed by atoms with Crippen LogP contribution >= 0.6 is 0 Å². The van der Waals surface area contributed by atoms with E-state index < -0.39 is 17.8 Å². The Morgan fingerprint density at radius 1 is 1.09 bits per heavy atom. The van der Waals surface area contributed by atoms with E-state index in [-0.39, 0.29) is 11.4 Å². The first kappa shape index (κ1) is 21.9. The van der Waals surface area contributed by atoms with Crippen molar-refractivity contribution in [2.24, 2.45) is 5.92 Å². The first-order chi connectivity index (χ1) is 15.3. The summed E-state index contributed by atoms with van der Waals surface area (Å²) in [7, 11) is 0. The van der Waals surface area contributed by atoms with E-state index in [2.05, 4.69) is 15.0 Å². The van der Waals surface area contributed by atoms with Gasteiger partial charge in [-0.1, -0.05) is 0 Å². The van der Waals surface area contributed by atoms with Gasteiger partial charge in [0.05, 0.1) is 12.2 Å². The molecule has 2 N–H and O–H groups in total. The van der Waals surface area contributed by atoms with E-state index in [1.807, 2.05) is 6.07 Å². The predicted molar refractivity (Wildman–Crippen MR) is 110 cm³/mol. The van der Waals surface area contributed by atoms with Gasteiger partial charge in [-0.05, 0) is 68.0 Å². The number of carbonyl (C=O) groups is 1. The average molecular weight is 445 g/mol. The molecule has 0 atom stereocenters. The van der Waals surface area contributed by atoms with Crippen molar-refractivity contribution >= 4 is 5.97 Å². The SMILES string of the molecule is O=C(O)c1ccc(OC[C@H]2CC[C@H](c3ccc(-c4nc(C(F)(F)F)c[nH]4)cn3)CC2)cc1. The van der Waals surface area contributed by atoms with Gasteiger partial charge in [0.1, 0.15) is 11.6 Å². The van der Waals surface area contributed by atoms with Gasteiger partial charge in [0.25, 0.3) is 0 Å². The summed E-state index contributed by atoms with van der Waals surface area (Å²) in [5, 5.41) is 8.94. The molecule has 1 fully saturated rings. The fourth-order valence-corrected chi connectivity index (χ4v) is 3.93. The van der Waals surface area contributed by atoms with E-state index in [4.69, 9.17) is 9.84 Å². The summed E-state index contributed by atoms with van der Waals surface area (Å²) in [4.78, 5) is 21.5. The number of rotatable bonds is 6. The fourth-order valence-electron chi connectivity index (χ4n) is 3.93. The molecule has 0 saturated heterocycles. The number of pyridine rings is 1. The topological polar surface area (TPSA) is 88.1 Å². The van der Waals surface area contributed by atoms with Gasteiger partial charge in [0.15, 0.2) is 5.69 Å². The van der Waals surface area contributed by atoms with Crippen LogP contribution in [-0.2, 0) is 6.18 Å². The molecule has 0 aliphatic heterocycles. The van der Waals surface area contributed by atoms with Crippen LogP contribution in [0.3, 0.4) is 0 Å². The molecule has 1 aliphatic carbocycles. The third-order valence-corrected chi connectivity index (χ3v) is 5.78. The van der Waals surface area contributed by atoms with Crippen molar-refractivity contribution < 1.29 is 27.8 Å². The van der Waals surface area contributed by atoms with Crippen molar-refractivity contribution in [2.75, 3.05) is 6.61 Å². The maximum Gasteiger partial charge on any atom is 0.434 e. The molecular formula is C23H22F3N3O3. The molecule has 1 aromatic carbocycles. The number of H-pyrrole nitrogens is 1. The van der Waals surface area contributed by atoms with Gasteiger partial charge in [0.2, 0.25) is 0 Å². The summed E-state index contributed by atoms with van der Waals surface area (Å²) in [5.74, 6) is 0.549. The van der Waals surface area contributed by atoms with Crippen molar-refractivity contribution in [3.05, 3.63) is 65.7 Å². The van der Waals surface area contributed by atoms with Crippen LogP contribution in [0, 0.1) is 5.92 Å². The first-order valence-electron chi connectivity index (χ1n) is 10.3. The standard InChI is InChI=1S/C23H22F3N3O3/c24-23(25,26)20-12-28-21(29-20)17-7-10-19(27-11-17)15-3-1-14(2-4-15)13-32-18-8-5-16(6-9-18)22(30)31/h5-12,14-15H,1-4,13H2,(H,28,29)(H,30,31)/t14-,15-. The average Bonchev–Trinajstić information content (AvgIpc) is 3.30. The molecule has 1 aliphatic rings. The highest BCUT2D eigenvalue weighted by molar-refractivity contribution is 5.87. The maximum atomic E-state index is 12.7. The van der Waals surface area contributed by atoms with Gasteiger partial charge < -0.3 is 14.8 Å². The van der Waals surface area contributed by atoms with Crippen LogP contribution in [0.15, 0.2) is 48.8 Å². The maximum absolute atomic E-state index is 12.7. The highest BCUT2D eigenvalue weighted by Gasteiger charge is 2.33. The number of halogens is 3. The summed E-state index contributed by atoms with van der Waals surface area (Å²) in [6.07, 6.45) is 1.81. The Bertz CT molecular complexity index is 1050. The second kappa shape index (κ2) is 9.02. The zero-order chi connectivity index (χ0) is 22.7. The second-order valence-electron chi connectivity index (χ2n) is 7.96. The third kappa shape index (κ3) is 5.09. The van der Waals surface area contributed by atoms with Crippen molar-refractivity contribution in [1.29, 1.82) is 0 Å². The molecule has 4 rings (SSSR count). The monoisotopic (exact) mass is 445 g/mol. The van der Waals surface area contributed by atoms with Gasteiger partial charge in [-0.15, -0.1) is 0 Å². The molecule has 32 heavy (non-hydrogen) atoms. The lowest BCUT2D eigenvalue weighted by molar-refractivity contribution is -0.140. The third-order valence-electron chi connectivity index (χ3n) is 5.78. The van der Waals surface area contributed by atoms with Gasteiger partial charge in [-0.25, -0.2) is 9.78 Å². The minimum absolute atomic E-state index is 0.147. The molecule has 168 valence electrons. The smallest absolute Gasteiger partial charge is 0.434 e. The number of imidazole rings is 1. The Kier molecular flexibility index (Phi) is 6.16. The molecule has 3 aromatic rings. The molecule has 0 spiro atoms. The van der Waals surface area contributed by atoms with Gasteiger partial charge in [0, 0.05) is 29.6 Å². The van der Waals surface area contributed by atoms with Gasteiger partial charge >= 0.3 is 12.1 Å². The van der Waals surface area contributed by atoms with Crippen molar-refractivity contribution in [3.8, 4) is 17.1 Å². The largest absolute Gasteiger partial charge is 0.493 e. The quantitative estimate of drug-likeness (QED) is 0.520. The van der Waals surface area contributed by atoms with Crippen LogP contribution in [0.1, 0.15) is 53.3 Å². The van der Waals surface area contributed by atoms with E-state index in [0.717, 1.165) is 37.6 Å². The number of carboxylic acids is 1. The summed E-state index contributed by atoms with van der Waals surface area (Å²) in [6.45, 7) is 0.575. The molecule has 1 saturated carbocycles. The number of alkyl halides is 3. The minimum Gasteiger partial charge on any atom is -0.493 e. The van der Waals surface area contributed by atoms with Crippen LogP contribution in [-0.4, -0.2) is 32.6 Å². The molecule has 2 heterocycles. The number of aromatic nitrogens is 3. The number of hydrogen-bond acceptors (Lipinski definition) is 4. The molecular weight excluding hydrogens is 423 g/mol. The Balaban J connectivity index is 1.28. The molecule has 6 nitrogen and oxygen atoms in total. The van der Waals surface area contributed by atoms with E-state index in [1.165, 1.54) is 12.1 Å². The van der Waals surface area contributed by atoms with Crippen molar-refractivity contribution in [1.82, 2.24) is 15.0 Å². The highest BCUT2D eigenvalue weighted by Crippen LogP contribution is 2.36. The molecule has 0 bridgehead atoms. The molecule has 0 radical (unpaired) electrons. The Hall–Kier alpha value is -3.36. The number of nitrogens with one attached hydrogen (secondary N) is 1. The van der Waals surface area contributed by atoms with Gasteiger partial charge in [-0.2, -0.15) is 13.2 Å². The number of hydrogen-bond donors (Lipinski definition) is 2. The molecule has 0 amide bonds. The first-order valence-corrected chi connectivity index (χ1v) is 10.3. The van der Waals surface area contributed by atoms with Crippen LogP contribution < -0.4 is 4.74 Å². The zero-order valence-corrected chi connectivity index (χ0v) is 17.1. The van der Waals surface area contributed by atoms with E-state index >= 15 is 0 Å². The normalized spacial score (nSPS) is 19.0. The number of carboxylic acid groups (broad SMARTS) is 1. The Labute approximate surface area is 182 Å². The van der Waals surface area contributed by atoms with Gasteiger partial charge in [-0.3, -0.25) is 4.98 Å². The Morgan fingerprint density at radius 3 is 2.38 bits per heavy atom. The number of ether oxygens (including phenoxy) is 1. The number of aromatic amines is 1.